The van der Waals surface area contributed by atoms with Crippen molar-refractivity contribution in [2.45, 2.75) is 13.5 Å². The Hall–Kier alpha value is -3.87. The van der Waals surface area contributed by atoms with Gasteiger partial charge >= 0.3 is 0 Å². The molecule has 1 aliphatic rings. The van der Waals surface area contributed by atoms with Crippen LogP contribution in [0.5, 0.6) is 11.5 Å². The molecule has 7 nitrogen and oxygen atoms in total. The van der Waals surface area contributed by atoms with E-state index < -0.39 is 0 Å². The molecule has 2 amide bonds. The van der Waals surface area contributed by atoms with Gasteiger partial charge in [-0.05, 0) is 61.0 Å². The molecule has 30 heavy (non-hydrogen) atoms. The summed E-state index contributed by atoms with van der Waals surface area (Å²) in [7, 11) is 0. The molecule has 7 heteroatoms. The summed E-state index contributed by atoms with van der Waals surface area (Å²) in [5, 5.41) is 2.78. The molecular weight excluding hydrogens is 382 g/mol. The molecule has 0 aliphatic carbocycles. The number of carbonyl (C=O) groups is 2. The first kappa shape index (κ1) is 19.4. The van der Waals surface area contributed by atoms with Crippen molar-refractivity contribution in [1.82, 2.24) is 9.88 Å². The largest absolute Gasteiger partial charge is 0.454 e. The summed E-state index contributed by atoms with van der Waals surface area (Å²) in [5.74, 6) is 1.03. The number of carbonyl (C=O) groups excluding carboxylic acids is 2. The van der Waals surface area contributed by atoms with Crippen molar-refractivity contribution in [2.24, 2.45) is 0 Å². The van der Waals surface area contributed by atoms with E-state index in [4.69, 9.17) is 9.47 Å². The first-order valence-corrected chi connectivity index (χ1v) is 9.64. The van der Waals surface area contributed by atoms with Gasteiger partial charge in [0.05, 0.1) is 0 Å². The molecule has 1 aliphatic heterocycles. The van der Waals surface area contributed by atoms with Gasteiger partial charge in [-0.15, -0.1) is 0 Å². The minimum absolute atomic E-state index is 0.0854. The highest BCUT2D eigenvalue weighted by Gasteiger charge is 2.18. The Bertz CT molecular complexity index is 1050. The van der Waals surface area contributed by atoms with Crippen LogP contribution in [0.3, 0.4) is 0 Å². The molecule has 4 rings (SSSR count). The average molecular weight is 403 g/mol. The second-order valence-corrected chi connectivity index (χ2v) is 6.75. The molecule has 0 atom stereocenters. The first-order chi connectivity index (χ1) is 14.6. The molecule has 1 aromatic heterocycles. The quantitative estimate of drug-likeness (QED) is 0.678. The molecule has 152 valence electrons. The molecule has 2 aromatic carbocycles. The highest BCUT2D eigenvalue weighted by molar-refractivity contribution is 6.03. The van der Waals surface area contributed by atoms with E-state index in [2.05, 4.69) is 10.3 Å². The number of rotatable bonds is 6. The second-order valence-electron chi connectivity index (χ2n) is 6.75. The van der Waals surface area contributed by atoms with Gasteiger partial charge in [-0.25, -0.2) is 0 Å². The number of benzene rings is 2. The summed E-state index contributed by atoms with van der Waals surface area (Å²) < 4.78 is 10.7. The van der Waals surface area contributed by atoms with E-state index in [9.17, 15) is 9.59 Å². The standard InChI is InChI=1S/C23H21N3O4/c1-2-26(14-16-6-11-20-21(13-16)30-15-29-20)23(28)17-7-9-18(10-8-17)25-22(27)19-5-3-4-12-24-19/h3-13H,2,14-15H2,1H3,(H,25,27). The third-order valence-electron chi connectivity index (χ3n) is 4.77. The van der Waals surface area contributed by atoms with Crippen LogP contribution in [-0.2, 0) is 6.54 Å². The van der Waals surface area contributed by atoms with Crippen molar-refractivity contribution in [3.8, 4) is 11.5 Å². The molecule has 2 heterocycles. The molecular formula is C23H21N3O4. The maximum absolute atomic E-state index is 12.9. The number of hydrogen-bond acceptors (Lipinski definition) is 5. The predicted molar refractivity (Wildman–Crippen MR) is 112 cm³/mol. The average Bonchev–Trinajstić information content (AvgIpc) is 3.26. The van der Waals surface area contributed by atoms with Crippen molar-refractivity contribution >= 4 is 17.5 Å². The summed E-state index contributed by atoms with van der Waals surface area (Å²) in [6.45, 7) is 3.18. The van der Waals surface area contributed by atoms with Crippen molar-refractivity contribution in [3.63, 3.8) is 0 Å². The lowest BCUT2D eigenvalue weighted by Gasteiger charge is -2.21. The van der Waals surface area contributed by atoms with Crippen LogP contribution in [0.25, 0.3) is 0 Å². The molecule has 0 saturated carbocycles. The number of anilines is 1. The van der Waals surface area contributed by atoms with E-state index >= 15 is 0 Å². The third-order valence-corrected chi connectivity index (χ3v) is 4.77. The van der Waals surface area contributed by atoms with Crippen LogP contribution in [0.15, 0.2) is 66.9 Å². The molecule has 0 saturated heterocycles. The van der Waals surface area contributed by atoms with Crippen molar-refractivity contribution < 1.29 is 19.1 Å². The smallest absolute Gasteiger partial charge is 0.274 e. The van der Waals surface area contributed by atoms with E-state index in [1.54, 1.807) is 53.6 Å². The lowest BCUT2D eigenvalue weighted by molar-refractivity contribution is 0.0752. The number of nitrogens with zero attached hydrogens (tertiary/aromatic N) is 2. The number of nitrogens with one attached hydrogen (secondary N) is 1. The van der Waals surface area contributed by atoms with Gasteiger partial charge in [-0.2, -0.15) is 0 Å². The molecule has 1 N–H and O–H groups in total. The van der Waals surface area contributed by atoms with Gasteiger partial charge in [0.25, 0.3) is 11.8 Å². The Balaban J connectivity index is 1.42. The van der Waals surface area contributed by atoms with Crippen LogP contribution < -0.4 is 14.8 Å². The van der Waals surface area contributed by atoms with Crippen LogP contribution in [0.4, 0.5) is 5.69 Å². The van der Waals surface area contributed by atoms with Crippen LogP contribution in [-0.4, -0.2) is 35.0 Å². The zero-order valence-corrected chi connectivity index (χ0v) is 16.5. The van der Waals surface area contributed by atoms with Crippen LogP contribution in [0.2, 0.25) is 0 Å². The van der Waals surface area contributed by atoms with E-state index in [0.29, 0.717) is 35.8 Å². The Labute approximate surface area is 174 Å². The van der Waals surface area contributed by atoms with Gasteiger partial charge < -0.3 is 19.7 Å². The Morgan fingerprint density at radius 1 is 1.03 bits per heavy atom. The maximum atomic E-state index is 12.9. The Morgan fingerprint density at radius 3 is 2.57 bits per heavy atom. The molecule has 0 fully saturated rings. The second kappa shape index (κ2) is 8.65. The van der Waals surface area contributed by atoms with E-state index in [1.807, 2.05) is 25.1 Å². The number of pyridine rings is 1. The van der Waals surface area contributed by atoms with Gasteiger partial charge in [-0.3, -0.25) is 14.6 Å². The third kappa shape index (κ3) is 4.25. The fourth-order valence-electron chi connectivity index (χ4n) is 3.16. The fraction of sp³-hybridized carbons (Fsp3) is 0.174. The summed E-state index contributed by atoms with van der Waals surface area (Å²) in [6, 6.07) is 17.7. The fourth-order valence-corrected chi connectivity index (χ4v) is 3.16. The van der Waals surface area contributed by atoms with Gasteiger partial charge in [0, 0.05) is 30.5 Å². The Morgan fingerprint density at radius 2 is 1.83 bits per heavy atom. The maximum Gasteiger partial charge on any atom is 0.274 e. The summed E-state index contributed by atoms with van der Waals surface area (Å²) in [6.07, 6.45) is 1.57. The van der Waals surface area contributed by atoms with Gasteiger partial charge in [0.15, 0.2) is 11.5 Å². The normalized spacial score (nSPS) is 11.8. The summed E-state index contributed by atoms with van der Waals surface area (Å²) in [5.41, 5.74) is 2.45. The lowest BCUT2D eigenvalue weighted by Crippen LogP contribution is -2.30. The monoisotopic (exact) mass is 403 g/mol. The molecule has 3 aromatic rings. The van der Waals surface area contributed by atoms with Crippen LogP contribution in [0.1, 0.15) is 33.3 Å². The molecule has 0 unspecified atom stereocenters. The minimum Gasteiger partial charge on any atom is -0.454 e. The molecule has 0 bridgehead atoms. The lowest BCUT2D eigenvalue weighted by atomic mass is 10.1. The number of hydrogen-bond donors (Lipinski definition) is 1. The SMILES string of the molecule is CCN(Cc1ccc2c(c1)OCO2)C(=O)c1ccc(NC(=O)c2ccccn2)cc1. The number of ether oxygens (including phenoxy) is 2. The summed E-state index contributed by atoms with van der Waals surface area (Å²) >= 11 is 0. The van der Waals surface area contributed by atoms with Gasteiger partial charge in [0.2, 0.25) is 6.79 Å². The Kier molecular flexibility index (Phi) is 5.61. The minimum atomic E-state index is -0.298. The van der Waals surface area contributed by atoms with E-state index in [-0.39, 0.29) is 18.6 Å². The molecule has 0 radical (unpaired) electrons. The van der Waals surface area contributed by atoms with Gasteiger partial charge in [0.1, 0.15) is 5.69 Å². The first-order valence-electron chi connectivity index (χ1n) is 9.64. The number of aromatic nitrogens is 1. The highest BCUT2D eigenvalue weighted by Crippen LogP contribution is 2.32. The van der Waals surface area contributed by atoms with E-state index in [0.717, 1.165) is 11.3 Å². The number of amides is 2. The highest BCUT2D eigenvalue weighted by atomic mass is 16.7. The van der Waals surface area contributed by atoms with Crippen LogP contribution in [0, 0.1) is 0 Å². The summed E-state index contributed by atoms with van der Waals surface area (Å²) in [4.78, 5) is 30.9. The van der Waals surface area contributed by atoms with Crippen molar-refractivity contribution in [3.05, 3.63) is 83.7 Å². The predicted octanol–water partition coefficient (Wildman–Crippen LogP) is 3.72. The van der Waals surface area contributed by atoms with Gasteiger partial charge in [-0.1, -0.05) is 12.1 Å². The zero-order chi connectivity index (χ0) is 20.9. The van der Waals surface area contributed by atoms with Crippen LogP contribution >= 0.6 is 0 Å². The topological polar surface area (TPSA) is 80.8 Å². The van der Waals surface area contributed by atoms with E-state index in [1.165, 1.54) is 0 Å². The van der Waals surface area contributed by atoms with Crippen molar-refractivity contribution in [1.29, 1.82) is 0 Å². The zero-order valence-electron chi connectivity index (χ0n) is 16.5. The number of fused-ring (bicyclic) bond motifs is 1. The van der Waals surface area contributed by atoms with Crippen molar-refractivity contribution in [2.75, 3.05) is 18.7 Å². The molecule has 0 spiro atoms.